The maximum Gasteiger partial charge on any atom is 0.0704 e. The average molecular weight is 187 g/mol. The van der Waals surface area contributed by atoms with Crippen LogP contribution in [-0.2, 0) is 9.47 Å². The average Bonchev–Trinajstić information content (AvgIpc) is 1.98. The molecule has 0 aliphatic carbocycles. The summed E-state index contributed by atoms with van der Waals surface area (Å²) in [6, 6.07) is 0. The van der Waals surface area contributed by atoms with Crippen LogP contribution < -0.4 is 0 Å². The van der Waals surface area contributed by atoms with Crippen LogP contribution >= 0.6 is 23.2 Å². The van der Waals surface area contributed by atoms with E-state index in [0.717, 1.165) is 0 Å². The maximum atomic E-state index is 5.65. The monoisotopic (exact) mass is 186 g/mol. The van der Waals surface area contributed by atoms with Gasteiger partial charge in [0.15, 0.2) is 0 Å². The van der Waals surface area contributed by atoms with Crippen LogP contribution in [0.15, 0.2) is 0 Å². The standard InChI is InChI=1S/C6H12Cl2O2/c1-9-2-3-10-5-6(8)4-7/h6H,2-5H2,1H3. The topological polar surface area (TPSA) is 18.5 Å². The van der Waals surface area contributed by atoms with E-state index in [1.165, 1.54) is 0 Å². The van der Waals surface area contributed by atoms with Gasteiger partial charge in [-0.1, -0.05) is 0 Å². The van der Waals surface area contributed by atoms with Crippen molar-refractivity contribution in [3.8, 4) is 0 Å². The lowest BCUT2D eigenvalue weighted by Crippen LogP contribution is -2.13. The molecule has 1 atom stereocenters. The number of rotatable bonds is 6. The molecular formula is C6H12Cl2O2. The van der Waals surface area contributed by atoms with Gasteiger partial charge in [-0.2, -0.15) is 0 Å². The van der Waals surface area contributed by atoms with Gasteiger partial charge in [-0.15, -0.1) is 23.2 Å². The van der Waals surface area contributed by atoms with Gasteiger partial charge in [-0.05, 0) is 0 Å². The Kier molecular flexibility index (Phi) is 7.99. The summed E-state index contributed by atoms with van der Waals surface area (Å²) in [5.41, 5.74) is 0. The van der Waals surface area contributed by atoms with Crippen molar-refractivity contribution in [1.82, 2.24) is 0 Å². The molecule has 0 rings (SSSR count). The van der Waals surface area contributed by atoms with Crippen molar-refractivity contribution < 1.29 is 9.47 Å². The van der Waals surface area contributed by atoms with Crippen LogP contribution in [0.2, 0.25) is 0 Å². The Bertz CT molecular complexity index is 70.8. The highest BCUT2D eigenvalue weighted by Gasteiger charge is 2.00. The molecule has 10 heavy (non-hydrogen) atoms. The van der Waals surface area contributed by atoms with Gasteiger partial charge >= 0.3 is 0 Å². The molecule has 0 aliphatic rings. The fourth-order valence-corrected chi connectivity index (χ4v) is 0.576. The van der Waals surface area contributed by atoms with Crippen LogP contribution in [0.1, 0.15) is 0 Å². The molecule has 0 aromatic rings. The van der Waals surface area contributed by atoms with Gasteiger partial charge in [0.1, 0.15) is 0 Å². The zero-order valence-corrected chi connectivity index (χ0v) is 7.49. The van der Waals surface area contributed by atoms with Gasteiger partial charge in [0.25, 0.3) is 0 Å². The molecule has 0 bridgehead atoms. The second kappa shape index (κ2) is 7.61. The third kappa shape index (κ3) is 6.62. The van der Waals surface area contributed by atoms with E-state index in [2.05, 4.69) is 0 Å². The summed E-state index contributed by atoms with van der Waals surface area (Å²) in [6.45, 7) is 1.68. The fourth-order valence-electron chi connectivity index (χ4n) is 0.398. The van der Waals surface area contributed by atoms with Gasteiger partial charge in [-0.3, -0.25) is 0 Å². The lowest BCUT2D eigenvalue weighted by atomic mass is 10.5. The lowest BCUT2D eigenvalue weighted by Gasteiger charge is -2.05. The Morgan fingerprint density at radius 2 is 2.10 bits per heavy atom. The van der Waals surface area contributed by atoms with E-state index in [0.29, 0.717) is 25.7 Å². The first kappa shape index (κ1) is 10.5. The van der Waals surface area contributed by atoms with Crippen molar-refractivity contribution in [3.63, 3.8) is 0 Å². The lowest BCUT2D eigenvalue weighted by molar-refractivity contribution is 0.0723. The van der Waals surface area contributed by atoms with Crippen LogP contribution in [0.4, 0.5) is 0 Å². The Morgan fingerprint density at radius 3 is 2.60 bits per heavy atom. The number of halogens is 2. The molecule has 1 unspecified atom stereocenters. The Balaban J connectivity index is 2.89. The Labute approximate surface area is 71.4 Å². The van der Waals surface area contributed by atoms with Crippen LogP contribution in [0.5, 0.6) is 0 Å². The Hall–Kier alpha value is 0.500. The first-order valence-corrected chi connectivity index (χ1v) is 4.05. The second-order valence-corrected chi connectivity index (χ2v) is 2.75. The highest BCUT2D eigenvalue weighted by molar-refractivity contribution is 6.28. The van der Waals surface area contributed by atoms with Crippen LogP contribution in [0, 0.1) is 0 Å². The number of methoxy groups -OCH3 is 1. The van der Waals surface area contributed by atoms with Gasteiger partial charge < -0.3 is 9.47 Å². The van der Waals surface area contributed by atoms with E-state index in [1.807, 2.05) is 0 Å². The van der Waals surface area contributed by atoms with E-state index in [1.54, 1.807) is 7.11 Å². The minimum absolute atomic E-state index is 0.0847. The first-order chi connectivity index (χ1) is 4.81. The summed E-state index contributed by atoms with van der Waals surface area (Å²) in [6.07, 6.45) is 0. The number of alkyl halides is 2. The molecule has 0 N–H and O–H groups in total. The van der Waals surface area contributed by atoms with Crippen molar-refractivity contribution in [1.29, 1.82) is 0 Å². The predicted octanol–water partition coefficient (Wildman–Crippen LogP) is 1.50. The van der Waals surface area contributed by atoms with Crippen LogP contribution in [0.25, 0.3) is 0 Å². The highest BCUT2D eigenvalue weighted by atomic mass is 35.5. The largest absolute Gasteiger partial charge is 0.382 e. The number of ether oxygens (including phenoxy) is 2. The van der Waals surface area contributed by atoms with Gasteiger partial charge in [0.05, 0.1) is 25.2 Å². The molecule has 0 saturated heterocycles. The minimum Gasteiger partial charge on any atom is -0.382 e. The smallest absolute Gasteiger partial charge is 0.0704 e. The van der Waals surface area contributed by atoms with Crippen LogP contribution in [0.3, 0.4) is 0 Å². The molecule has 2 nitrogen and oxygen atoms in total. The van der Waals surface area contributed by atoms with Crippen molar-refractivity contribution in [2.24, 2.45) is 0 Å². The third-order valence-electron chi connectivity index (χ3n) is 0.898. The molecular weight excluding hydrogens is 175 g/mol. The first-order valence-electron chi connectivity index (χ1n) is 3.08. The van der Waals surface area contributed by atoms with Crippen molar-refractivity contribution in [3.05, 3.63) is 0 Å². The van der Waals surface area contributed by atoms with Crippen molar-refractivity contribution in [2.45, 2.75) is 5.38 Å². The normalized spacial score (nSPS) is 13.5. The predicted molar refractivity (Wildman–Crippen MR) is 43.1 cm³/mol. The molecule has 0 amide bonds. The number of hydrogen-bond donors (Lipinski definition) is 0. The van der Waals surface area contributed by atoms with E-state index < -0.39 is 0 Å². The molecule has 0 saturated carbocycles. The molecule has 0 fully saturated rings. The van der Waals surface area contributed by atoms with E-state index in [9.17, 15) is 0 Å². The SMILES string of the molecule is COCCOCC(Cl)CCl. The molecule has 0 heterocycles. The third-order valence-corrected chi connectivity index (χ3v) is 1.71. The van der Waals surface area contributed by atoms with Gasteiger partial charge in [0, 0.05) is 13.0 Å². The highest BCUT2D eigenvalue weighted by Crippen LogP contribution is 1.98. The summed E-state index contributed by atoms with van der Waals surface area (Å²) in [7, 11) is 1.63. The number of hydrogen-bond acceptors (Lipinski definition) is 2. The molecule has 0 radical (unpaired) electrons. The maximum absolute atomic E-state index is 5.65. The molecule has 0 aliphatic heterocycles. The van der Waals surface area contributed by atoms with E-state index in [4.69, 9.17) is 32.7 Å². The zero-order valence-electron chi connectivity index (χ0n) is 5.98. The molecule has 0 aromatic carbocycles. The molecule has 4 heteroatoms. The Morgan fingerprint density at radius 1 is 1.40 bits per heavy atom. The van der Waals surface area contributed by atoms with Crippen molar-refractivity contribution in [2.75, 3.05) is 32.8 Å². The minimum atomic E-state index is -0.0847. The second-order valence-electron chi connectivity index (χ2n) is 1.82. The summed E-state index contributed by atoms with van der Waals surface area (Å²) in [5.74, 6) is 0.425. The molecule has 62 valence electrons. The van der Waals surface area contributed by atoms with Gasteiger partial charge in [-0.25, -0.2) is 0 Å². The molecule has 0 spiro atoms. The fraction of sp³-hybridized carbons (Fsp3) is 1.00. The summed E-state index contributed by atoms with van der Waals surface area (Å²) >= 11 is 11.1. The van der Waals surface area contributed by atoms with E-state index >= 15 is 0 Å². The quantitative estimate of drug-likeness (QED) is 0.463. The summed E-state index contributed by atoms with van der Waals surface area (Å²) < 4.78 is 9.84. The molecule has 0 aromatic heterocycles. The zero-order chi connectivity index (χ0) is 7.82. The summed E-state index contributed by atoms with van der Waals surface area (Å²) in [4.78, 5) is 0. The van der Waals surface area contributed by atoms with E-state index in [-0.39, 0.29) is 5.38 Å². The van der Waals surface area contributed by atoms with Gasteiger partial charge in [0.2, 0.25) is 0 Å². The summed E-state index contributed by atoms with van der Waals surface area (Å²) in [5, 5.41) is -0.0847. The van der Waals surface area contributed by atoms with Crippen LogP contribution in [-0.4, -0.2) is 38.2 Å². The van der Waals surface area contributed by atoms with Crippen molar-refractivity contribution >= 4 is 23.2 Å².